The monoisotopic (exact) mass is 214 g/mol. The second kappa shape index (κ2) is 5.28. The lowest BCUT2D eigenvalue weighted by Gasteiger charge is -2.34. The van der Waals surface area contributed by atoms with Crippen LogP contribution in [0, 0.1) is 0 Å². The maximum absolute atomic E-state index is 5.83. The van der Waals surface area contributed by atoms with Gasteiger partial charge in [0.15, 0.2) is 12.6 Å². The molecule has 0 aliphatic carbocycles. The van der Waals surface area contributed by atoms with Gasteiger partial charge in [0.25, 0.3) is 0 Å². The molecule has 4 atom stereocenters. The van der Waals surface area contributed by atoms with Crippen molar-refractivity contribution in [3.8, 4) is 0 Å². The summed E-state index contributed by atoms with van der Waals surface area (Å²) in [7, 11) is 0. The lowest BCUT2D eigenvalue weighted by Crippen LogP contribution is -2.35. The molecule has 2 aliphatic heterocycles. The van der Waals surface area contributed by atoms with Crippen molar-refractivity contribution < 1.29 is 14.2 Å². The maximum Gasteiger partial charge on any atom is 0.161 e. The molecule has 3 heteroatoms. The van der Waals surface area contributed by atoms with Crippen molar-refractivity contribution in [2.24, 2.45) is 0 Å². The highest BCUT2D eigenvalue weighted by molar-refractivity contribution is 4.65. The van der Waals surface area contributed by atoms with E-state index in [1.54, 1.807) is 0 Å². The minimum Gasteiger partial charge on any atom is -0.350 e. The second-order valence-electron chi connectivity index (χ2n) is 4.75. The Balaban J connectivity index is 1.75. The Kier molecular flexibility index (Phi) is 4.00. The van der Waals surface area contributed by atoms with Crippen LogP contribution < -0.4 is 0 Å². The maximum atomic E-state index is 5.83. The van der Waals surface area contributed by atoms with E-state index in [1.165, 1.54) is 12.8 Å². The topological polar surface area (TPSA) is 27.7 Å². The predicted molar refractivity (Wildman–Crippen MR) is 57.5 cm³/mol. The average Bonchev–Trinajstić information content (AvgIpc) is 2.17. The molecule has 0 spiro atoms. The summed E-state index contributed by atoms with van der Waals surface area (Å²) in [6.45, 7) is 4.22. The van der Waals surface area contributed by atoms with Gasteiger partial charge >= 0.3 is 0 Å². The molecule has 2 saturated heterocycles. The van der Waals surface area contributed by atoms with Gasteiger partial charge in [0.1, 0.15) is 0 Å². The van der Waals surface area contributed by atoms with Crippen molar-refractivity contribution in [1.82, 2.24) is 0 Å². The Morgan fingerprint density at radius 3 is 1.67 bits per heavy atom. The smallest absolute Gasteiger partial charge is 0.161 e. The standard InChI is InChI=1S/C12H22O3/c1-9-5-3-7-11(13-9)15-12-8-4-6-10(2)14-12/h9-12H,3-8H2,1-2H3. The van der Waals surface area contributed by atoms with Crippen LogP contribution in [0.2, 0.25) is 0 Å². The Bertz CT molecular complexity index is 175. The molecular weight excluding hydrogens is 192 g/mol. The van der Waals surface area contributed by atoms with Gasteiger partial charge in [-0.15, -0.1) is 0 Å². The summed E-state index contributed by atoms with van der Waals surface area (Å²) in [4.78, 5) is 0. The summed E-state index contributed by atoms with van der Waals surface area (Å²) >= 11 is 0. The summed E-state index contributed by atoms with van der Waals surface area (Å²) in [5.74, 6) is 0. The number of hydrogen-bond acceptors (Lipinski definition) is 3. The molecule has 0 aromatic rings. The largest absolute Gasteiger partial charge is 0.350 e. The van der Waals surface area contributed by atoms with E-state index in [9.17, 15) is 0 Å². The van der Waals surface area contributed by atoms with Gasteiger partial charge in [-0.25, -0.2) is 0 Å². The van der Waals surface area contributed by atoms with Crippen molar-refractivity contribution in [2.45, 2.75) is 77.2 Å². The molecule has 2 rings (SSSR count). The Labute approximate surface area is 92.1 Å². The molecule has 0 bridgehead atoms. The molecule has 15 heavy (non-hydrogen) atoms. The van der Waals surface area contributed by atoms with Crippen molar-refractivity contribution in [2.75, 3.05) is 0 Å². The zero-order valence-electron chi connectivity index (χ0n) is 9.78. The van der Waals surface area contributed by atoms with Crippen LogP contribution in [-0.4, -0.2) is 24.8 Å². The fourth-order valence-electron chi connectivity index (χ4n) is 2.30. The third-order valence-electron chi connectivity index (χ3n) is 3.17. The Hall–Kier alpha value is -0.120. The normalized spacial score (nSPS) is 42.8. The minimum atomic E-state index is -0.0379. The molecule has 2 fully saturated rings. The molecule has 2 aliphatic rings. The van der Waals surface area contributed by atoms with E-state index in [0.717, 1.165) is 25.7 Å². The van der Waals surface area contributed by atoms with Crippen molar-refractivity contribution in [3.05, 3.63) is 0 Å². The first-order valence-corrected chi connectivity index (χ1v) is 6.20. The zero-order valence-corrected chi connectivity index (χ0v) is 9.78. The predicted octanol–water partition coefficient (Wildman–Crippen LogP) is 2.83. The quantitative estimate of drug-likeness (QED) is 0.707. The number of hydrogen-bond donors (Lipinski definition) is 0. The molecular formula is C12H22O3. The van der Waals surface area contributed by atoms with Crippen LogP contribution in [0.1, 0.15) is 52.4 Å². The first-order chi connectivity index (χ1) is 7.24. The van der Waals surface area contributed by atoms with Crippen molar-refractivity contribution in [3.63, 3.8) is 0 Å². The first-order valence-electron chi connectivity index (χ1n) is 6.20. The molecule has 0 aromatic carbocycles. The van der Waals surface area contributed by atoms with E-state index >= 15 is 0 Å². The summed E-state index contributed by atoms with van der Waals surface area (Å²) in [6.07, 6.45) is 7.34. The summed E-state index contributed by atoms with van der Waals surface area (Å²) < 4.78 is 17.3. The molecule has 0 N–H and O–H groups in total. The highest BCUT2D eigenvalue weighted by atomic mass is 16.8. The van der Waals surface area contributed by atoms with Crippen LogP contribution in [0.4, 0.5) is 0 Å². The van der Waals surface area contributed by atoms with Crippen molar-refractivity contribution in [1.29, 1.82) is 0 Å². The van der Waals surface area contributed by atoms with Crippen LogP contribution in [0.5, 0.6) is 0 Å². The van der Waals surface area contributed by atoms with E-state index in [0.29, 0.717) is 12.2 Å². The fraction of sp³-hybridized carbons (Fsp3) is 1.00. The number of ether oxygens (including phenoxy) is 3. The fourth-order valence-corrected chi connectivity index (χ4v) is 2.30. The van der Waals surface area contributed by atoms with Gasteiger partial charge in [-0.05, 0) is 52.4 Å². The molecule has 2 heterocycles. The van der Waals surface area contributed by atoms with E-state index in [1.807, 2.05) is 0 Å². The van der Waals surface area contributed by atoms with E-state index < -0.39 is 0 Å². The molecule has 4 unspecified atom stereocenters. The third kappa shape index (κ3) is 3.44. The minimum absolute atomic E-state index is 0.0379. The lowest BCUT2D eigenvalue weighted by atomic mass is 10.1. The van der Waals surface area contributed by atoms with Crippen LogP contribution in [0.3, 0.4) is 0 Å². The third-order valence-corrected chi connectivity index (χ3v) is 3.17. The molecule has 0 aromatic heterocycles. The van der Waals surface area contributed by atoms with Gasteiger partial charge in [0.05, 0.1) is 12.2 Å². The molecule has 0 radical (unpaired) electrons. The summed E-state index contributed by atoms with van der Waals surface area (Å²) in [6, 6.07) is 0. The SMILES string of the molecule is CC1CCCC(OC2CCCC(C)O2)O1. The molecule has 0 saturated carbocycles. The molecule has 0 amide bonds. The van der Waals surface area contributed by atoms with Gasteiger partial charge in [0, 0.05) is 0 Å². The van der Waals surface area contributed by atoms with Crippen molar-refractivity contribution >= 4 is 0 Å². The average molecular weight is 214 g/mol. The van der Waals surface area contributed by atoms with Crippen LogP contribution in [-0.2, 0) is 14.2 Å². The highest BCUT2D eigenvalue weighted by Crippen LogP contribution is 2.25. The highest BCUT2D eigenvalue weighted by Gasteiger charge is 2.26. The van der Waals surface area contributed by atoms with Crippen LogP contribution >= 0.6 is 0 Å². The van der Waals surface area contributed by atoms with Crippen LogP contribution in [0.15, 0.2) is 0 Å². The molecule has 88 valence electrons. The van der Waals surface area contributed by atoms with Gasteiger partial charge in [-0.3, -0.25) is 0 Å². The Morgan fingerprint density at radius 1 is 0.800 bits per heavy atom. The van der Waals surface area contributed by atoms with E-state index in [4.69, 9.17) is 14.2 Å². The van der Waals surface area contributed by atoms with E-state index in [2.05, 4.69) is 13.8 Å². The van der Waals surface area contributed by atoms with Gasteiger partial charge in [-0.1, -0.05) is 0 Å². The zero-order chi connectivity index (χ0) is 10.7. The summed E-state index contributed by atoms with van der Waals surface area (Å²) in [5.41, 5.74) is 0. The van der Waals surface area contributed by atoms with Gasteiger partial charge in [-0.2, -0.15) is 0 Å². The summed E-state index contributed by atoms with van der Waals surface area (Å²) in [5, 5.41) is 0. The lowest BCUT2D eigenvalue weighted by molar-refractivity contribution is -0.286. The van der Waals surface area contributed by atoms with Gasteiger partial charge in [0.2, 0.25) is 0 Å². The second-order valence-corrected chi connectivity index (χ2v) is 4.75. The number of rotatable bonds is 2. The van der Waals surface area contributed by atoms with Crippen LogP contribution in [0.25, 0.3) is 0 Å². The van der Waals surface area contributed by atoms with E-state index in [-0.39, 0.29) is 12.6 Å². The Morgan fingerprint density at radius 2 is 1.27 bits per heavy atom. The molecule has 3 nitrogen and oxygen atoms in total. The van der Waals surface area contributed by atoms with Gasteiger partial charge < -0.3 is 14.2 Å². The first kappa shape index (κ1) is 11.4.